The Labute approximate surface area is 148 Å². The lowest BCUT2D eigenvalue weighted by molar-refractivity contribution is 0.102. The summed E-state index contributed by atoms with van der Waals surface area (Å²) in [6.45, 7) is 0. The molecule has 0 aliphatic rings. The number of aromatic hydroxyl groups is 2. The van der Waals surface area contributed by atoms with Crippen LogP contribution in [0, 0.1) is 8.98 Å². The molecule has 0 saturated heterocycles. The zero-order valence-corrected chi connectivity index (χ0v) is 14.8. The molecule has 0 aliphatic carbocycles. The van der Waals surface area contributed by atoms with Crippen LogP contribution in [0.1, 0.15) is 15.9 Å². The fourth-order valence-electron chi connectivity index (χ4n) is 1.70. The van der Waals surface area contributed by atoms with Crippen LogP contribution >= 0.6 is 38.5 Å². The quantitative estimate of drug-likeness (QED) is 0.266. The van der Waals surface area contributed by atoms with Gasteiger partial charge >= 0.3 is 0 Å². The lowest BCUT2D eigenvalue weighted by atomic mass is 10.1. The van der Waals surface area contributed by atoms with E-state index in [9.17, 15) is 15.0 Å². The molecule has 6 nitrogen and oxygen atoms in total. The monoisotopic (exact) mass is 475 g/mol. The molecule has 2 aromatic carbocycles. The zero-order chi connectivity index (χ0) is 16.4. The van der Waals surface area contributed by atoms with E-state index in [1.165, 1.54) is 6.07 Å². The number of hydrogen-bond acceptors (Lipinski definition) is 4. The minimum Gasteiger partial charge on any atom is -0.506 e. The van der Waals surface area contributed by atoms with Crippen LogP contribution in [0.25, 0.3) is 0 Å². The Morgan fingerprint density at radius 1 is 1.23 bits per heavy atom. The Morgan fingerprint density at radius 2 is 1.82 bits per heavy atom. The number of phenolic OH excluding ortho intramolecular Hbond substituents is 2. The molecule has 0 aromatic heterocycles. The van der Waals surface area contributed by atoms with Gasteiger partial charge in [0.05, 0.1) is 13.6 Å². The smallest absolute Gasteiger partial charge is 0.259 e. The molecule has 114 valence electrons. The van der Waals surface area contributed by atoms with Crippen molar-refractivity contribution in [3.63, 3.8) is 0 Å². The second kappa shape index (κ2) is 6.53. The summed E-state index contributed by atoms with van der Waals surface area (Å²) in [6, 6.07) is 7.76. The fraction of sp³-hybridized carbons (Fsp3) is 0. The normalized spacial score (nSPS) is 10.3. The molecule has 22 heavy (non-hydrogen) atoms. The largest absolute Gasteiger partial charge is 0.506 e. The summed E-state index contributed by atoms with van der Waals surface area (Å²) >= 11 is 4.88. The van der Waals surface area contributed by atoms with E-state index in [4.69, 9.17) is 11.1 Å². The van der Waals surface area contributed by atoms with Gasteiger partial charge in [-0.05, 0) is 68.9 Å². The van der Waals surface area contributed by atoms with E-state index in [2.05, 4.69) is 21.2 Å². The zero-order valence-electron chi connectivity index (χ0n) is 11.0. The summed E-state index contributed by atoms with van der Waals surface area (Å²) in [5.41, 5.74) is 6.43. The highest BCUT2D eigenvalue weighted by molar-refractivity contribution is 14.1. The Hall–Kier alpha value is -1.81. The van der Waals surface area contributed by atoms with E-state index in [0.29, 0.717) is 15.7 Å². The standard InChI is InChI=1S/C14H11BrIN3O3/c15-9-5-8(11(20)10(16)12(9)21)14(22)19-7-3-1-6(2-4-7)13(17)18/h1-5,20-21H,(H3,17,18)(H,19,22). The maximum atomic E-state index is 12.2. The van der Waals surface area contributed by atoms with Crippen molar-refractivity contribution < 1.29 is 15.0 Å². The van der Waals surface area contributed by atoms with Gasteiger partial charge in [-0.25, -0.2) is 0 Å². The lowest BCUT2D eigenvalue weighted by Crippen LogP contribution is -2.14. The summed E-state index contributed by atoms with van der Waals surface area (Å²) in [5, 5.41) is 29.6. The van der Waals surface area contributed by atoms with Gasteiger partial charge in [-0.3, -0.25) is 10.2 Å². The molecule has 0 saturated carbocycles. The van der Waals surface area contributed by atoms with Crippen molar-refractivity contribution in [3.05, 3.63) is 49.5 Å². The van der Waals surface area contributed by atoms with E-state index in [1.807, 2.05) is 0 Å². The topological polar surface area (TPSA) is 119 Å². The molecule has 0 aliphatic heterocycles. The average Bonchev–Trinajstić information content (AvgIpc) is 2.49. The maximum absolute atomic E-state index is 12.2. The number of nitrogens with two attached hydrogens (primary N) is 1. The highest BCUT2D eigenvalue weighted by Crippen LogP contribution is 2.38. The first kappa shape index (κ1) is 16.6. The van der Waals surface area contributed by atoms with Gasteiger partial charge in [0, 0.05) is 11.3 Å². The number of halogens is 2. The van der Waals surface area contributed by atoms with E-state index in [-0.39, 0.29) is 26.5 Å². The van der Waals surface area contributed by atoms with Gasteiger partial charge in [0.15, 0.2) is 0 Å². The fourth-order valence-corrected chi connectivity index (χ4v) is 3.08. The van der Waals surface area contributed by atoms with E-state index in [1.54, 1.807) is 46.9 Å². The first-order valence-corrected chi connectivity index (χ1v) is 7.84. The van der Waals surface area contributed by atoms with Crippen LogP contribution in [-0.4, -0.2) is 22.0 Å². The predicted octanol–water partition coefficient (Wildman–Crippen LogP) is 3.00. The molecule has 0 atom stereocenters. The molecular formula is C14H11BrIN3O3. The summed E-state index contributed by atoms with van der Waals surface area (Å²) < 4.78 is 0.496. The summed E-state index contributed by atoms with van der Waals surface area (Å²) in [7, 11) is 0. The number of nitrogens with one attached hydrogen (secondary N) is 2. The van der Waals surface area contributed by atoms with Crippen LogP contribution < -0.4 is 11.1 Å². The van der Waals surface area contributed by atoms with Crippen molar-refractivity contribution >= 4 is 56.0 Å². The Balaban J connectivity index is 2.28. The van der Waals surface area contributed by atoms with Crippen molar-refractivity contribution in [2.24, 2.45) is 5.73 Å². The predicted molar refractivity (Wildman–Crippen MR) is 95.6 cm³/mol. The number of hydrogen-bond donors (Lipinski definition) is 5. The van der Waals surface area contributed by atoms with Gasteiger partial charge in [-0.1, -0.05) is 0 Å². The molecule has 2 aromatic rings. The molecule has 8 heteroatoms. The third kappa shape index (κ3) is 3.33. The molecule has 0 spiro atoms. The van der Waals surface area contributed by atoms with Crippen LogP contribution in [0.4, 0.5) is 5.69 Å². The van der Waals surface area contributed by atoms with Gasteiger partial charge in [-0.2, -0.15) is 0 Å². The molecule has 0 fully saturated rings. The summed E-state index contributed by atoms with van der Waals surface area (Å²) in [5.74, 6) is -1.00. The number of carbonyl (C=O) groups is 1. The molecule has 0 bridgehead atoms. The molecule has 0 radical (unpaired) electrons. The summed E-state index contributed by atoms with van der Waals surface area (Å²) in [6.07, 6.45) is 0. The number of phenols is 2. The van der Waals surface area contributed by atoms with E-state index < -0.39 is 5.91 Å². The Morgan fingerprint density at radius 3 is 2.36 bits per heavy atom. The summed E-state index contributed by atoms with van der Waals surface area (Å²) in [4.78, 5) is 12.2. The number of amidine groups is 1. The molecule has 0 heterocycles. The first-order valence-electron chi connectivity index (χ1n) is 5.97. The molecular weight excluding hydrogens is 465 g/mol. The number of benzene rings is 2. The highest BCUT2D eigenvalue weighted by atomic mass is 127. The molecule has 6 N–H and O–H groups in total. The number of rotatable bonds is 3. The van der Waals surface area contributed by atoms with Gasteiger partial charge in [0.1, 0.15) is 17.3 Å². The molecule has 1 amide bonds. The van der Waals surface area contributed by atoms with Crippen molar-refractivity contribution in [3.8, 4) is 11.5 Å². The van der Waals surface area contributed by atoms with Crippen LogP contribution in [0.15, 0.2) is 34.8 Å². The van der Waals surface area contributed by atoms with Crippen LogP contribution in [-0.2, 0) is 0 Å². The number of amides is 1. The SMILES string of the molecule is N=C(N)c1ccc(NC(=O)c2cc(Br)c(O)c(I)c2O)cc1. The van der Waals surface area contributed by atoms with Crippen LogP contribution in [0.2, 0.25) is 0 Å². The maximum Gasteiger partial charge on any atom is 0.259 e. The minimum atomic E-state index is -0.522. The van der Waals surface area contributed by atoms with Gasteiger partial charge in [-0.15, -0.1) is 0 Å². The first-order chi connectivity index (χ1) is 10.3. The van der Waals surface area contributed by atoms with Crippen LogP contribution in [0.5, 0.6) is 11.5 Å². The minimum absolute atomic E-state index is 0.0321. The number of carbonyl (C=O) groups excluding carboxylic acids is 1. The number of anilines is 1. The van der Waals surface area contributed by atoms with Gasteiger partial charge in [0.2, 0.25) is 0 Å². The second-order valence-electron chi connectivity index (χ2n) is 4.36. The van der Waals surface area contributed by atoms with Gasteiger partial charge < -0.3 is 21.3 Å². The van der Waals surface area contributed by atoms with Gasteiger partial charge in [0.25, 0.3) is 5.91 Å². The van der Waals surface area contributed by atoms with Crippen molar-refractivity contribution in [1.82, 2.24) is 0 Å². The number of nitrogen functional groups attached to an aromatic ring is 1. The Bertz CT molecular complexity index is 763. The van der Waals surface area contributed by atoms with Crippen molar-refractivity contribution in [2.75, 3.05) is 5.32 Å². The molecule has 2 rings (SSSR count). The van der Waals surface area contributed by atoms with Crippen molar-refractivity contribution in [1.29, 1.82) is 5.41 Å². The Kier molecular flexibility index (Phi) is 4.91. The lowest BCUT2D eigenvalue weighted by Gasteiger charge is -2.10. The third-order valence-electron chi connectivity index (χ3n) is 2.87. The van der Waals surface area contributed by atoms with E-state index in [0.717, 1.165) is 0 Å². The van der Waals surface area contributed by atoms with Crippen LogP contribution in [0.3, 0.4) is 0 Å². The highest BCUT2D eigenvalue weighted by Gasteiger charge is 2.19. The second-order valence-corrected chi connectivity index (χ2v) is 6.30. The van der Waals surface area contributed by atoms with E-state index >= 15 is 0 Å². The van der Waals surface area contributed by atoms with Crippen molar-refractivity contribution in [2.45, 2.75) is 0 Å². The third-order valence-corrected chi connectivity index (χ3v) is 4.49. The average molecular weight is 476 g/mol. The molecule has 0 unspecified atom stereocenters.